The van der Waals surface area contributed by atoms with Gasteiger partial charge in [0.05, 0.1) is 18.3 Å². The van der Waals surface area contributed by atoms with Gasteiger partial charge >= 0.3 is 0 Å². The molecule has 0 aromatic rings. The van der Waals surface area contributed by atoms with Crippen molar-refractivity contribution in [3.05, 3.63) is 11.6 Å². The Morgan fingerprint density at radius 2 is 2.17 bits per heavy atom. The van der Waals surface area contributed by atoms with E-state index in [1.807, 2.05) is 0 Å². The highest BCUT2D eigenvalue weighted by Gasteiger charge is 2.46. The summed E-state index contributed by atoms with van der Waals surface area (Å²) < 4.78 is 16.8. The lowest BCUT2D eigenvalue weighted by molar-refractivity contribution is -0.155. The molecule has 2 fully saturated rings. The minimum absolute atomic E-state index is 0.0218. The SMILES string of the molecule is C/C(=C/CO[C@H]1CCCCO1)CC[C@H]1OC1(C)C. The zero-order valence-corrected chi connectivity index (χ0v) is 11.9. The second-order valence-electron chi connectivity index (χ2n) is 5.93. The molecule has 0 saturated carbocycles. The smallest absolute Gasteiger partial charge is 0.157 e. The monoisotopic (exact) mass is 254 g/mol. The van der Waals surface area contributed by atoms with E-state index < -0.39 is 0 Å². The Morgan fingerprint density at radius 1 is 1.39 bits per heavy atom. The second-order valence-corrected chi connectivity index (χ2v) is 5.93. The van der Waals surface area contributed by atoms with Crippen LogP contribution in [0.25, 0.3) is 0 Å². The summed E-state index contributed by atoms with van der Waals surface area (Å²) in [6.45, 7) is 7.99. The predicted octanol–water partition coefficient (Wildman–Crippen LogP) is 3.43. The standard InChI is InChI=1S/C15H26O3/c1-12(7-8-13-15(2,3)18-13)9-11-17-14-6-4-5-10-16-14/h9,13-14H,4-8,10-11H2,1-3H3/b12-9-/t13-,14+/m1/s1. The zero-order chi connectivity index (χ0) is 13.0. The summed E-state index contributed by atoms with van der Waals surface area (Å²) in [7, 11) is 0. The first kappa shape index (κ1) is 14.0. The molecule has 2 aliphatic rings. The van der Waals surface area contributed by atoms with E-state index in [1.54, 1.807) is 0 Å². The van der Waals surface area contributed by atoms with Crippen molar-refractivity contribution in [2.75, 3.05) is 13.2 Å². The van der Waals surface area contributed by atoms with Crippen molar-refractivity contribution in [1.82, 2.24) is 0 Å². The van der Waals surface area contributed by atoms with Crippen LogP contribution < -0.4 is 0 Å². The van der Waals surface area contributed by atoms with Crippen molar-refractivity contribution in [1.29, 1.82) is 0 Å². The van der Waals surface area contributed by atoms with Gasteiger partial charge in [0.25, 0.3) is 0 Å². The van der Waals surface area contributed by atoms with E-state index in [4.69, 9.17) is 14.2 Å². The zero-order valence-electron chi connectivity index (χ0n) is 11.9. The highest BCUT2D eigenvalue weighted by atomic mass is 16.7. The molecule has 3 heteroatoms. The van der Waals surface area contributed by atoms with Gasteiger partial charge in [-0.1, -0.05) is 11.6 Å². The van der Waals surface area contributed by atoms with Gasteiger partial charge in [-0.2, -0.15) is 0 Å². The molecule has 2 aliphatic heterocycles. The Kier molecular flexibility index (Phi) is 4.82. The largest absolute Gasteiger partial charge is 0.367 e. The van der Waals surface area contributed by atoms with Gasteiger partial charge < -0.3 is 14.2 Å². The van der Waals surface area contributed by atoms with Gasteiger partial charge in [-0.3, -0.25) is 0 Å². The average molecular weight is 254 g/mol. The fourth-order valence-corrected chi connectivity index (χ4v) is 2.34. The van der Waals surface area contributed by atoms with Gasteiger partial charge in [0.2, 0.25) is 0 Å². The molecule has 0 bridgehead atoms. The van der Waals surface area contributed by atoms with Crippen LogP contribution in [-0.2, 0) is 14.2 Å². The quantitative estimate of drug-likeness (QED) is 0.537. The summed E-state index contributed by atoms with van der Waals surface area (Å²) in [5.74, 6) is 0. The Balaban J connectivity index is 1.57. The normalized spacial score (nSPS) is 31.4. The van der Waals surface area contributed by atoms with Crippen molar-refractivity contribution in [2.45, 2.75) is 70.9 Å². The lowest BCUT2D eigenvalue weighted by Gasteiger charge is -2.22. The van der Waals surface area contributed by atoms with Crippen LogP contribution in [0.5, 0.6) is 0 Å². The maximum atomic E-state index is 5.69. The van der Waals surface area contributed by atoms with E-state index >= 15 is 0 Å². The average Bonchev–Trinajstić information content (AvgIpc) is 2.96. The molecule has 0 N–H and O–H groups in total. The molecular formula is C15H26O3. The van der Waals surface area contributed by atoms with Gasteiger partial charge in [0.1, 0.15) is 0 Å². The topological polar surface area (TPSA) is 31.0 Å². The second kappa shape index (κ2) is 6.18. The van der Waals surface area contributed by atoms with E-state index in [1.165, 1.54) is 18.4 Å². The van der Waals surface area contributed by atoms with E-state index in [2.05, 4.69) is 26.8 Å². The van der Waals surface area contributed by atoms with Crippen LogP contribution in [0.4, 0.5) is 0 Å². The molecular weight excluding hydrogens is 228 g/mol. The van der Waals surface area contributed by atoms with Crippen LogP contribution in [-0.4, -0.2) is 31.2 Å². The fourth-order valence-electron chi connectivity index (χ4n) is 2.34. The Morgan fingerprint density at radius 3 is 2.78 bits per heavy atom. The van der Waals surface area contributed by atoms with E-state index in [9.17, 15) is 0 Å². The summed E-state index contributed by atoms with van der Waals surface area (Å²) in [5.41, 5.74) is 1.50. The first-order valence-electron chi connectivity index (χ1n) is 7.14. The molecule has 18 heavy (non-hydrogen) atoms. The third kappa shape index (κ3) is 4.38. The van der Waals surface area contributed by atoms with E-state index in [0.717, 1.165) is 25.9 Å². The summed E-state index contributed by atoms with van der Waals surface area (Å²) in [5, 5.41) is 0. The molecule has 3 nitrogen and oxygen atoms in total. The maximum absolute atomic E-state index is 5.69. The predicted molar refractivity (Wildman–Crippen MR) is 71.5 cm³/mol. The van der Waals surface area contributed by atoms with E-state index in [-0.39, 0.29) is 11.9 Å². The van der Waals surface area contributed by atoms with Crippen molar-refractivity contribution in [2.24, 2.45) is 0 Å². The number of hydrogen-bond acceptors (Lipinski definition) is 3. The van der Waals surface area contributed by atoms with Gasteiger partial charge in [-0.15, -0.1) is 0 Å². The molecule has 0 aliphatic carbocycles. The molecule has 0 aromatic heterocycles. The number of epoxide rings is 1. The van der Waals surface area contributed by atoms with E-state index in [0.29, 0.717) is 12.7 Å². The third-order valence-corrected chi connectivity index (χ3v) is 3.82. The van der Waals surface area contributed by atoms with Crippen molar-refractivity contribution in [3.63, 3.8) is 0 Å². The van der Waals surface area contributed by atoms with Crippen LogP contribution in [0.1, 0.15) is 52.9 Å². The summed E-state index contributed by atoms with van der Waals surface area (Å²) in [6.07, 6.45) is 8.30. The first-order chi connectivity index (χ1) is 8.58. The lowest BCUT2D eigenvalue weighted by atomic mass is 10.0. The molecule has 2 saturated heterocycles. The number of ether oxygens (including phenoxy) is 3. The number of hydrogen-bond donors (Lipinski definition) is 0. The summed E-state index contributed by atoms with van der Waals surface area (Å²) in [4.78, 5) is 0. The van der Waals surface area contributed by atoms with Crippen LogP contribution >= 0.6 is 0 Å². The third-order valence-electron chi connectivity index (χ3n) is 3.82. The molecule has 0 aromatic carbocycles. The Hall–Kier alpha value is -0.380. The Bertz CT molecular complexity index is 290. The van der Waals surface area contributed by atoms with Gasteiger partial charge in [0.15, 0.2) is 6.29 Å². The maximum Gasteiger partial charge on any atom is 0.157 e. The minimum Gasteiger partial charge on any atom is -0.367 e. The minimum atomic E-state index is 0.0218. The molecule has 104 valence electrons. The van der Waals surface area contributed by atoms with Crippen molar-refractivity contribution in [3.8, 4) is 0 Å². The van der Waals surface area contributed by atoms with Crippen LogP contribution in [0, 0.1) is 0 Å². The highest BCUT2D eigenvalue weighted by Crippen LogP contribution is 2.38. The van der Waals surface area contributed by atoms with Gasteiger partial charge in [-0.25, -0.2) is 0 Å². The summed E-state index contributed by atoms with van der Waals surface area (Å²) >= 11 is 0. The number of rotatable bonds is 6. The molecule has 2 heterocycles. The fraction of sp³-hybridized carbons (Fsp3) is 0.867. The molecule has 0 amide bonds. The molecule has 0 radical (unpaired) electrons. The van der Waals surface area contributed by atoms with Gasteiger partial charge in [-0.05, 0) is 52.9 Å². The number of allylic oxidation sites excluding steroid dienone is 1. The van der Waals surface area contributed by atoms with Crippen LogP contribution in [0.3, 0.4) is 0 Å². The van der Waals surface area contributed by atoms with Gasteiger partial charge in [0, 0.05) is 6.61 Å². The summed E-state index contributed by atoms with van der Waals surface area (Å²) in [6, 6.07) is 0. The molecule has 2 atom stereocenters. The van der Waals surface area contributed by atoms with Crippen molar-refractivity contribution < 1.29 is 14.2 Å². The highest BCUT2D eigenvalue weighted by molar-refractivity contribution is 5.02. The Labute approximate surface area is 110 Å². The molecule has 2 rings (SSSR count). The molecule has 0 spiro atoms. The van der Waals surface area contributed by atoms with Crippen LogP contribution in [0.15, 0.2) is 11.6 Å². The molecule has 0 unspecified atom stereocenters. The van der Waals surface area contributed by atoms with Crippen molar-refractivity contribution >= 4 is 0 Å². The van der Waals surface area contributed by atoms with Crippen LogP contribution in [0.2, 0.25) is 0 Å². The first-order valence-corrected chi connectivity index (χ1v) is 7.14. The lowest BCUT2D eigenvalue weighted by Crippen LogP contribution is -2.22.